The third-order valence-electron chi connectivity index (χ3n) is 4.03. The van der Waals surface area contributed by atoms with Crippen LogP contribution >= 0.6 is 0 Å². The molecule has 0 bridgehead atoms. The molecule has 1 atom stereocenters. The van der Waals surface area contributed by atoms with Crippen molar-refractivity contribution in [1.82, 2.24) is 15.1 Å². The van der Waals surface area contributed by atoms with Crippen LogP contribution in [0, 0.1) is 6.92 Å². The molecule has 0 aliphatic carbocycles. The topological polar surface area (TPSA) is 29.9 Å². The summed E-state index contributed by atoms with van der Waals surface area (Å²) in [4.78, 5) is 0. The van der Waals surface area contributed by atoms with Gasteiger partial charge in [0, 0.05) is 25.2 Å². The summed E-state index contributed by atoms with van der Waals surface area (Å²) in [6.45, 7) is 8.46. The van der Waals surface area contributed by atoms with Crippen LogP contribution < -0.4 is 5.32 Å². The average molecular weight is 285 g/mol. The number of rotatable bonds is 7. The molecule has 0 spiro atoms. The van der Waals surface area contributed by atoms with Gasteiger partial charge in [-0.2, -0.15) is 5.10 Å². The molecule has 0 aliphatic rings. The van der Waals surface area contributed by atoms with Crippen molar-refractivity contribution >= 4 is 0 Å². The van der Waals surface area contributed by atoms with Crippen molar-refractivity contribution in [2.24, 2.45) is 7.05 Å². The van der Waals surface area contributed by atoms with Crippen molar-refractivity contribution in [2.45, 2.75) is 39.5 Å². The number of hydrogen-bond acceptors (Lipinski definition) is 2. The Balaban J connectivity index is 2.19. The first-order valence-electron chi connectivity index (χ1n) is 7.93. The molecule has 0 saturated carbocycles. The van der Waals surface area contributed by atoms with Gasteiger partial charge in [-0.3, -0.25) is 4.68 Å². The number of aromatic nitrogens is 2. The highest BCUT2D eigenvalue weighted by molar-refractivity contribution is 5.26. The number of nitrogens with zero attached hydrogens (tertiary/aromatic N) is 2. The van der Waals surface area contributed by atoms with Crippen molar-refractivity contribution in [2.75, 3.05) is 13.1 Å². The highest BCUT2D eigenvalue weighted by atomic mass is 15.3. The molecule has 2 rings (SSSR count). The number of aryl methyl sites for hydroxylation is 3. The van der Waals surface area contributed by atoms with Crippen LogP contribution in [0.15, 0.2) is 30.3 Å². The minimum Gasteiger partial charge on any atom is -0.316 e. The first-order chi connectivity index (χ1) is 10.1. The van der Waals surface area contributed by atoms with Crippen LogP contribution in [0.2, 0.25) is 0 Å². The van der Waals surface area contributed by atoms with Crippen molar-refractivity contribution in [3.63, 3.8) is 0 Å². The Kier molecular flexibility index (Phi) is 5.57. The summed E-state index contributed by atoms with van der Waals surface area (Å²) < 4.78 is 2.03. The number of likely N-dealkylation sites (N-methyl/N-ethyl adjacent to an activating group) is 1. The van der Waals surface area contributed by atoms with E-state index in [0.29, 0.717) is 5.92 Å². The number of hydrogen-bond donors (Lipinski definition) is 1. The molecule has 114 valence electrons. The highest BCUT2D eigenvalue weighted by Crippen LogP contribution is 2.21. The molecule has 0 amide bonds. The van der Waals surface area contributed by atoms with E-state index in [0.717, 1.165) is 25.9 Å². The summed E-state index contributed by atoms with van der Waals surface area (Å²) in [7, 11) is 2.05. The highest BCUT2D eigenvalue weighted by Gasteiger charge is 2.15. The maximum atomic E-state index is 4.57. The number of benzene rings is 1. The zero-order chi connectivity index (χ0) is 15.2. The Morgan fingerprint density at radius 2 is 1.90 bits per heavy atom. The fraction of sp³-hybridized carbons (Fsp3) is 0.500. The second-order valence-corrected chi connectivity index (χ2v) is 5.72. The van der Waals surface area contributed by atoms with E-state index < -0.39 is 0 Å². The molecule has 0 fully saturated rings. The molecule has 0 aliphatic heterocycles. The summed E-state index contributed by atoms with van der Waals surface area (Å²) in [5, 5.41) is 8.06. The molecular weight excluding hydrogens is 258 g/mol. The van der Waals surface area contributed by atoms with E-state index in [2.05, 4.69) is 61.5 Å². The lowest BCUT2D eigenvalue weighted by molar-refractivity contribution is 0.570. The molecule has 21 heavy (non-hydrogen) atoms. The molecule has 0 radical (unpaired) electrons. The Labute approximate surface area is 128 Å². The van der Waals surface area contributed by atoms with Gasteiger partial charge in [-0.1, -0.05) is 43.7 Å². The smallest absolute Gasteiger partial charge is 0.0624 e. The molecule has 1 aromatic carbocycles. The van der Waals surface area contributed by atoms with Gasteiger partial charge in [0.15, 0.2) is 0 Å². The Morgan fingerprint density at radius 1 is 1.19 bits per heavy atom. The summed E-state index contributed by atoms with van der Waals surface area (Å²) in [6, 6.07) is 11.2. The fourth-order valence-corrected chi connectivity index (χ4v) is 2.65. The first-order valence-corrected chi connectivity index (χ1v) is 7.93. The molecule has 1 unspecified atom stereocenters. The van der Waals surface area contributed by atoms with Crippen LogP contribution in [-0.4, -0.2) is 22.9 Å². The molecule has 1 heterocycles. The van der Waals surface area contributed by atoms with Crippen LogP contribution in [-0.2, 0) is 19.9 Å². The van der Waals surface area contributed by atoms with Crippen molar-refractivity contribution in [3.8, 4) is 0 Å². The fourth-order valence-electron chi connectivity index (χ4n) is 2.65. The Bertz CT molecular complexity index is 554. The van der Waals surface area contributed by atoms with Gasteiger partial charge in [0.25, 0.3) is 0 Å². The lowest BCUT2D eigenvalue weighted by atomic mass is 9.93. The van der Waals surface area contributed by atoms with Crippen LogP contribution in [0.4, 0.5) is 0 Å². The minimum absolute atomic E-state index is 0.491. The zero-order valence-electron chi connectivity index (χ0n) is 13.7. The minimum atomic E-state index is 0.491. The lowest BCUT2D eigenvalue weighted by Crippen LogP contribution is -2.23. The monoisotopic (exact) mass is 285 g/mol. The quantitative estimate of drug-likeness (QED) is 0.846. The van der Waals surface area contributed by atoms with Gasteiger partial charge < -0.3 is 5.32 Å². The Hall–Kier alpha value is -1.61. The normalized spacial score (nSPS) is 12.6. The van der Waals surface area contributed by atoms with E-state index in [4.69, 9.17) is 0 Å². The van der Waals surface area contributed by atoms with E-state index in [1.165, 1.54) is 22.5 Å². The van der Waals surface area contributed by atoms with Crippen LogP contribution in [0.1, 0.15) is 42.3 Å². The van der Waals surface area contributed by atoms with Crippen LogP contribution in [0.25, 0.3) is 0 Å². The average Bonchev–Trinajstić information content (AvgIpc) is 2.85. The molecular formula is C18H27N3. The first kappa shape index (κ1) is 15.8. The van der Waals surface area contributed by atoms with Gasteiger partial charge in [-0.15, -0.1) is 0 Å². The summed E-state index contributed by atoms with van der Waals surface area (Å²) in [5.74, 6) is 0.491. The molecule has 0 saturated heterocycles. The maximum absolute atomic E-state index is 4.57. The molecule has 1 aromatic heterocycles. The molecule has 3 nitrogen and oxygen atoms in total. The van der Waals surface area contributed by atoms with Gasteiger partial charge in [0.05, 0.1) is 5.69 Å². The lowest BCUT2D eigenvalue weighted by Gasteiger charge is -2.18. The Morgan fingerprint density at radius 3 is 2.48 bits per heavy atom. The van der Waals surface area contributed by atoms with E-state index in [-0.39, 0.29) is 0 Å². The van der Waals surface area contributed by atoms with Gasteiger partial charge >= 0.3 is 0 Å². The largest absolute Gasteiger partial charge is 0.316 e. The predicted octanol–water partition coefficient (Wildman–Crippen LogP) is 3.23. The predicted molar refractivity (Wildman–Crippen MR) is 88.8 cm³/mol. The van der Waals surface area contributed by atoms with Gasteiger partial charge in [-0.25, -0.2) is 0 Å². The molecule has 1 N–H and O–H groups in total. The van der Waals surface area contributed by atoms with Gasteiger partial charge in [-0.05, 0) is 37.9 Å². The third-order valence-corrected chi connectivity index (χ3v) is 4.03. The standard InChI is InChI=1S/C18H27N3/c1-5-17-12-18(21(4)20-17)11-16(13-19-6-2)15-9-7-14(3)8-10-15/h7-10,12,16,19H,5-6,11,13H2,1-4H3. The SMILES string of the molecule is CCNCC(Cc1cc(CC)nn1C)c1ccc(C)cc1. The third kappa shape index (κ3) is 4.18. The second kappa shape index (κ2) is 7.41. The summed E-state index contributed by atoms with van der Waals surface area (Å²) in [5.41, 5.74) is 5.21. The van der Waals surface area contributed by atoms with Crippen molar-refractivity contribution < 1.29 is 0 Å². The number of nitrogens with one attached hydrogen (secondary N) is 1. The van der Waals surface area contributed by atoms with Crippen LogP contribution in [0.5, 0.6) is 0 Å². The van der Waals surface area contributed by atoms with Crippen molar-refractivity contribution in [1.29, 1.82) is 0 Å². The van der Waals surface area contributed by atoms with Crippen molar-refractivity contribution in [3.05, 3.63) is 52.8 Å². The van der Waals surface area contributed by atoms with E-state index in [1.54, 1.807) is 0 Å². The maximum Gasteiger partial charge on any atom is 0.0624 e. The molecule has 2 aromatic rings. The van der Waals surface area contributed by atoms with E-state index in [9.17, 15) is 0 Å². The van der Waals surface area contributed by atoms with Gasteiger partial charge in [0.1, 0.15) is 0 Å². The summed E-state index contributed by atoms with van der Waals surface area (Å²) >= 11 is 0. The zero-order valence-corrected chi connectivity index (χ0v) is 13.7. The van der Waals surface area contributed by atoms with E-state index in [1.807, 2.05) is 11.7 Å². The van der Waals surface area contributed by atoms with Crippen LogP contribution in [0.3, 0.4) is 0 Å². The van der Waals surface area contributed by atoms with E-state index >= 15 is 0 Å². The summed E-state index contributed by atoms with van der Waals surface area (Å²) in [6.07, 6.45) is 2.02. The second-order valence-electron chi connectivity index (χ2n) is 5.72. The van der Waals surface area contributed by atoms with Gasteiger partial charge in [0.2, 0.25) is 0 Å². The molecule has 3 heteroatoms.